The first-order chi connectivity index (χ1) is 11.8. The van der Waals surface area contributed by atoms with Crippen LogP contribution in [0.4, 0.5) is 4.79 Å². The number of nitrogens with one attached hydrogen (secondary N) is 1. The van der Waals surface area contributed by atoms with E-state index in [0.717, 1.165) is 36.3 Å². The van der Waals surface area contributed by atoms with Crippen molar-refractivity contribution in [3.8, 4) is 0 Å². The highest BCUT2D eigenvalue weighted by Gasteiger charge is 2.30. The first-order valence-electron chi connectivity index (χ1n) is 8.23. The van der Waals surface area contributed by atoms with E-state index < -0.39 is 0 Å². The van der Waals surface area contributed by atoms with Crippen molar-refractivity contribution in [3.63, 3.8) is 0 Å². The third kappa shape index (κ3) is 3.16. The van der Waals surface area contributed by atoms with Gasteiger partial charge in [-0.25, -0.2) is 9.78 Å². The Balaban J connectivity index is 1.52. The van der Waals surface area contributed by atoms with Gasteiger partial charge in [0.05, 0.1) is 22.8 Å². The van der Waals surface area contributed by atoms with Gasteiger partial charge in [0.1, 0.15) is 5.01 Å². The normalized spacial score (nSPS) is 18.0. The molecule has 1 aromatic carbocycles. The number of para-hydroxylation sites is 1. The molecule has 1 aliphatic rings. The van der Waals surface area contributed by atoms with Crippen LogP contribution in [0.1, 0.15) is 35.2 Å². The zero-order valence-corrected chi connectivity index (χ0v) is 14.9. The summed E-state index contributed by atoms with van der Waals surface area (Å²) in [5, 5.41) is 6.15. The maximum atomic E-state index is 12.7. The molecule has 6 heteroatoms. The minimum atomic E-state index is 0.0207. The van der Waals surface area contributed by atoms with E-state index in [1.165, 1.54) is 9.58 Å². The van der Waals surface area contributed by atoms with Crippen LogP contribution in [0.5, 0.6) is 0 Å². The smallest absolute Gasteiger partial charge is 0.318 e. The summed E-state index contributed by atoms with van der Waals surface area (Å²) in [6, 6.07) is 12.4. The van der Waals surface area contributed by atoms with Crippen molar-refractivity contribution in [1.82, 2.24) is 15.2 Å². The number of carbonyl (C=O) groups is 1. The molecule has 4 nitrogen and oxygen atoms in total. The number of piperidine rings is 1. The number of aromatic nitrogens is 1. The highest BCUT2D eigenvalue weighted by Crippen LogP contribution is 2.35. The van der Waals surface area contributed by atoms with Gasteiger partial charge in [-0.05, 0) is 42.8 Å². The van der Waals surface area contributed by atoms with Gasteiger partial charge >= 0.3 is 6.03 Å². The summed E-state index contributed by atoms with van der Waals surface area (Å²) >= 11 is 3.38. The van der Waals surface area contributed by atoms with E-state index in [0.29, 0.717) is 6.54 Å². The van der Waals surface area contributed by atoms with Crippen LogP contribution in [-0.2, 0) is 6.54 Å². The Morgan fingerprint density at radius 2 is 2.17 bits per heavy atom. The molecule has 4 rings (SSSR count). The zero-order chi connectivity index (χ0) is 16.4. The van der Waals surface area contributed by atoms with Crippen molar-refractivity contribution in [3.05, 3.63) is 51.7 Å². The first-order valence-corrected chi connectivity index (χ1v) is 9.93. The third-order valence-corrected chi connectivity index (χ3v) is 6.37. The number of fused-ring (bicyclic) bond motifs is 1. The Labute approximate surface area is 149 Å². The molecule has 24 heavy (non-hydrogen) atoms. The molecule has 0 radical (unpaired) electrons. The van der Waals surface area contributed by atoms with E-state index >= 15 is 0 Å². The minimum absolute atomic E-state index is 0.0207. The SMILES string of the molecule is O=C(NCc1cccs1)N1CCCCC1c1nc2ccccc2s1. The Morgan fingerprint density at radius 3 is 3.00 bits per heavy atom. The largest absolute Gasteiger partial charge is 0.333 e. The number of nitrogens with zero attached hydrogens (tertiary/aromatic N) is 2. The minimum Gasteiger partial charge on any atom is -0.333 e. The number of likely N-dealkylation sites (tertiary alicyclic amines) is 1. The fourth-order valence-electron chi connectivity index (χ4n) is 3.14. The van der Waals surface area contributed by atoms with Crippen LogP contribution in [-0.4, -0.2) is 22.5 Å². The van der Waals surface area contributed by atoms with Crippen molar-refractivity contribution in [2.45, 2.75) is 31.8 Å². The Bertz CT molecular complexity index is 795. The van der Waals surface area contributed by atoms with Crippen LogP contribution in [0.2, 0.25) is 0 Å². The van der Waals surface area contributed by atoms with E-state index in [1.807, 2.05) is 40.6 Å². The van der Waals surface area contributed by atoms with Crippen molar-refractivity contribution < 1.29 is 4.79 Å². The van der Waals surface area contributed by atoms with Gasteiger partial charge in [-0.3, -0.25) is 0 Å². The first kappa shape index (κ1) is 15.6. The van der Waals surface area contributed by atoms with E-state index in [9.17, 15) is 4.79 Å². The summed E-state index contributed by atoms with van der Waals surface area (Å²) in [5.74, 6) is 0. The van der Waals surface area contributed by atoms with Crippen LogP contribution >= 0.6 is 22.7 Å². The molecule has 2 amide bonds. The highest BCUT2D eigenvalue weighted by molar-refractivity contribution is 7.18. The number of thiophene rings is 1. The van der Waals surface area contributed by atoms with Gasteiger partial charge in [0, 0.05) is 11.4 Å². The van der Waals surface area contributed by atoms with Gasteiger partial charge in [0.25, 0.3) is 0 Å². The molecule has 1 atom stereocenters. The Kier molecular flexibility index (Phi) is 4.49. The second-order valence-corrected chi connectivity index (χ2v) is 8.06. The van der Waals surface area contributed by atoms with Gasteiger partial charge in [-0.1, -0.05) is 18.2 Å². The number of benzene rings is 1. The molecule has 3 heterocycles. The third-order valence-electron chi connectivity index (χ3n) is 4.35. The summed E-state index contributed by atoms with van der Waals surface area (Å²) in [5.41, 5.74) is 1.03. The molecular weight excluding hydrogens is 338 g/mol. The number of hydrogen-bond acceptors (Lipinski definition) is 4. The second-order valence-electron chi connectivity index (χ2n) is 5.96. The topological polar surface area (TPSA) is 45.2 Å². The van der Waals surface area contributed by atoms with Gasteiger partial charge in [0.2, 0.25) is 0 Å². The average molecular weight is 358 g/mol. The summed E-state index contributed by atoms with van der Waals surface area (Å²) in [6.07, 6.45) is 3.20. The summed E-state index contributed by atoms with van der Waals surface area (Å²) in [6.45, 7) is 1.40. The number of thiazole rings is 1. The molecule has 0 spiro atoms. The average Bonchev–Trinajstić information content (AvgIpc) is 3.29. The van der Waals surface area contributed by atoms with Crippen LogP contribution in [0.25, 0.3) is 10.2 Å². The van der Waals surface area contributed by atoms with Crippen LogP contribution in [0.3, 0.4) is 0 Å². The standard InChI is InChI=1S/C18H19N3OS2/c22-18(19-12-13-6-5-11-23-13)21-10-4-3-8-15(21)17-20-14-7-1-2-9-16(14)24-17/h1-2,5-7,9,11,15H,3-4,8,10,12H2,(H,19,22). The van der Waals surface area contributed by atoms with Gasteiger partial charge < -0.3 is 10.2 Å². The summed E-state index contributed by atoms with van der Waals surface area (Å²) < 4.78 is 1.19. The molecular formula is C18H19N3OS2. The number of carbonyl (C=O) groups excluding carboxylic acids is 1. The molecule has 1 fully saturated rings. The number of amides is 2. The van der Waals surface area contributed by atoms with Gasteiger partial charge in [-0.15, -0.1) is 22.7 Å². The lowest BCUT2D eigenvalue weighted by molar-refractivity contribution is 0.151. The number of rotatable bonds is 3. The Morgan fingerprint density at radius 1 is 1.25 bits per heavy atom. The molecule has 1 aliphatic heterocycles. The number of hydrogen-bond donors (Lipinski definition) is 1. The fraction of sp³-hybridized carbons (Fsp3) is 0.333. The van der Waals surface area contributed by atoms with Crippen molar-refractivity contribution >= 4 is 38.9 Å². The molecule has 3 aromatic rings. The van der Waals surface area contributed by atoms with E-state index in [2.05, 4.69) is 11.4 Å². The van der Waals surface area contributed by atoms with Gasteiger partial charge in [0.15, 0.2) is 0 Å². The molecule has 0 saturated carbocycles. The van der Waals surface area contributed by atoms with E-state index in [4.69, 9.17) is 4.98 Å². The molecule has 1 unspecified atom stereocenters. The molecule has 124 valence electrons. The predicted molar refractivity (Wildman–Crippen MR) is 99.5 cm³/mol. The second kappa shape index (κ2) is 6.91. The maximum Gasteiger partial charge on any atom is 0.318 e. The van der Waals surface area contributed by atoms with Crippen molar-refractivity contribution in [1.29, 1.82) is 0 Å². The monoisotopic (exact) mass is 357 g/mol. The quantitative estimate of drug-likeness (QED) is 0.732. The highest BCUT2D eigenvalue weighted by atomic mass is 32.1. The molecule has 2 aromatic heterocycles. The summed E-state index contributed by atoms with van der Waals surface area (Å²) in [4.78, 5) is 20.6. The Hall–Kier alpha value is -1.92. The lowest BCUT2D eigenvalue weighted by atomic mass is 10.0. The van der Waals surface area contributed by atoms with Crippen LogP contribution in [0.15, 0.2) is 41.8 Å². The zero-order valence-electron chi connectivity index (χ0n) is 13.3. The summed E-state index contributed by atoms with van der Waals surface area (Å²) in [7, 11) is 0. The lowest BCUT2D eigenvalue weighted by Crippen LogP contribution is -2.44. The predicted octanol–water partition coefficient (Wildman–Crippen LogP) is 4.79. The van der Waals surface area contributed by atoms with Crippen LogP contribution in [0, 0.1) is 0 Å². The van der Waals surface area contributed by atoms with Crippen molar-refractivity contribution in [2.75, 3.05) is 6.54 Å². The molecule has 1 saturated heterocycles. The fourth-order valence-corrected chi connectivity index (χ4v) is 4.90. The van der Waals surface area contributed by atoms with E-state index in [-0.39, 0.29) is 12.1 Å². The molecule has 1 N–H and O–H groups in total. The van der Waals surface area contributed by atoms with Crippen molar-refractivity contribution in [2.24, 2.45) is 0 Å². The molecule has 0 bridgehead atoms. The maximum absolute atomic E-state index is 12.7. The van der Waals surface area contributed by atoms with E-state index in [1.54, 1.807) is 22.7 Å². The van der Waals surface area contributed by atoms with Gasteiger partial charge in [-0.2, -0.15) is 0 Å². The molecule has 0 aliphatic carbocycles. The lowest BCUT2D eigenvalue weighted by Gasteiger charge is -2.34. The number of urea groups is 1. The van der Waals surface area contributed by atoms with Crippen LogP contribution < -0.4 is 5.32 Å².